The van der Waals surface area contributed by atoms with Gasteiger partial charge in [-0.2, -0.15) is 0 Å². The Balaban J connectivity index is 1.20. The first-order valence-corrected chi connectivity index (χ1v) is 11.9. The van der Waals surface area contributed by atoms with Crippen LogP contribution in [0.15, 0.2) is 24.5 Å². The van der Waals surface area contributed by atoms with Crippen LogP contribution in [-0.2, 0) is 20.6 Å². The fourth-order valence-electron chi connectivity index (χ4n) is 5.07. The van der Waals surface area contributed by atoms with Gasteiger partial charge in [0.15, 0.2) is 0 Å². The zero-order valence-corrected chi connectivity index (χ0v) is 18.5. The molecule has 2 aromatic rings. The second-order valence-electron chi connectivity index (χ2n) is 9.09. The minimum atomic E-state index is -0.302. The van der Waals surface area contributed by atoms with Crippen molar-refractivity contribution in [1.29, 1.82) is 0 Å². The molecule has 1 aromatic carbocycles. The van der Waals surface area contributed by atoms with E-state index in [0.717, 1.165) is 75.9 Å². The largest absolute Gasteiger partial charge is 0.444 e. The molecule has 5 rings (SSSR count). The maximum Gasteiger partial charge on any atom is 0.407 e. The molecule has 1 unspecified atom stereocenters. The van der Waals surface area contributed by atoms with Crippen LogP contribution in [0.4, 0.5) is 10.5 Å². The number of nitrogens with zero attached hydrogens (tertiary/aromatic N) is 3. The monoisotopic (exact) mass is 440 g/mol. The van der Waals surface area contributed by atoms with Crippen LogP contribution in [0.5, 0.6) is 0 Å². The van der Waals surface area contributed by atoms with Gasteiger partial charge in [0.05, 0.1) is 37.5 Å². The van der Waals surface area contributed by atoms with E-state index in [2.05, 4.69) is 32.3 Å². The lowest BCUT2D eigenvalue weighted by molar-refractivity contribution is 0.0788. The summed E-state index contributed by atoms with van der Waals surface area (Å²) in [7, 11) is 0. The minimum Gasteiger partial charge on any atom is -0.444 e. The number of fused-ring (bicyclic) bond motifs is 1. The molecular weight excluding hydrogens is 408 g/mol. The van der Waals surface area contributed by atoms with E-state index in [1.165, 1.54) is 11.3 Å². The van der Waals surface area contributed by atoms with Crippen molar-refractivity contribution in [3.8, 4) is 0 Å². The highest BCUT2D eigenvalue weighted by atomic mass is 16.6. The van der Waals surface area contributed by atoms with Crippen LogP contribution in [0.3, 0.4) is 0 Å². The SMILES string of the molecule is O=C(NC1CCC(Cc2cc(N3CCOCC3)cc3nccnc23)CC1)OC1CCOC1. The zero-order chi connectivity index (χ0) is 21.8. The molecule has 2 aliphatic heterocycles. The van der Waals surface area contributed by atoms with Crippen LogP contribution >= 0.6 is 0 Å². The van der Waals surface area contributed by atoms with Gasteiger partial charge in [-0.25, -0.2) is 4.79 Å². The van der Waals surface area contributed by atoms with Crippen LogP contribution in [0.2, 0.25) is 0 Å². The van der Waals surface area contributed by atoms with E-state index in [1.54, 1.807) is 12.4 Å². The molecule has 1 atom stereocenters. The maximum atomic E-state index is 12.2. The molecule has 1 N–H and O–H groups in total. The molecule has 172 valence electrons. The quantitative estimate of drug-likeness (QED) is 0.765. The first-order valence-electron chi connectivity index (χ1n) is 11.9. The van der Waals surface area contributed by atoms with Crippen molar-refractivity contribution in [2.75, 3.05) is 44.4 Å². The number of amides is 1. The average Bonchev–Trinajstić information content (AvgIpc) is 3.34. The van der Waals surface area contributed by atoms with Crippen molar-refractivity contribution in [3.05, 3.63) is 30.1 Å². The molecule has 3 heterocycles. The predicted octanol–water partition coefficient (Wildman–Crippen LogP) is 3.08. The number of nitrogens with one attached hydrogen (secondary N) is 1. The molecule has 3 aliphatic rings. The summed E-state index contributed by atoms with van der Waals surface area (Å²) in [5.74, 6) is 0.581. The Labute approximate surface area is 188 Å². The highest BCUT2D eigenvalue weighted by Gasteiger charge is 2.26. The third-order valence-corrected chi connectivity index (χ3v) is 6.85. The summed E-state index contributed by atoms with van der Waals surface area (Å²) in [6, 6.07) is 4.64. The third kappa shape index (κ3) is 5.13. The Morgan fingerprint density at radius 3 is 2.62 bits per heavy atom. The van der Waals surface area contributed by atoms with Gasteiger partial charge >= 0.3 is 6.09 Å². The van der Waals surface area contributed by atoms with Crippen molar-refractivity contribution in [2.24, 2.45) is 5.92 Å². The Morgan fingerprint density at radius 2 is 1.84 bits per heavy atom. The summed E-state index contributed by atoms with van der Waals surface area (Å²) in [4.78, 5) is 23.8. The molecule has 1 aliphatic carbocycles. The number of carbonyl (C=O) groups excluding carboxylic acids is 1. The molecular formula is C24H32N4O4. The van der Waals surface area contributed by atoms with Crippen molar-refractivity contribution in [3.63, 3.8) is 0 Å². The number of carbonyl (C=O) groups is 1. The van der Waals surface area contributed by atoms with Gasteiger partial charge in [0.1, 0.15) is 6.10 Å². The summed E-state index contributed by atoms with van der Waals surface area (Å²) in [6.45, 7) is 4.54. The summed E-state index contributed by atoms with van der Waals surface area (Å²) in [5, 5.41) is 3.05. The van der Waals surface area contributed by atoms with Crippen molar-refractivity contribution < 1.29 is 19.0 Å². The highest BCUT2D eigenvalue weighted by molar-refractivity contribution is 5.82. The summed E-state index contributed by atoms with van der Waals surface area (Å²) in [5.41, 5.74) is 4.45. The number of rotatable bonds is 5. The van der Waals surface area contributed by atoms with Crippen LogP contribution in [0.1, 0.15) is 37.7 Å². The van der Waals surface area contributed by atoms with Gasteiger partial charge < -0.3 is 24.4 Å². The summed E-state index contributed by atoms with van der Waals surface area (Å²) < 4.78 is 16.2. The summed E-state index contributed by atoms with van der Waals surface area (Å²) in [6.07, 6.45) is 9.06. The number of benzene rings is 1. The van der Waals surface area contributed by atoms with E-state index < -0.39 is 0 Å². The number of hydrogen-bond acceptors (Lipinski definition) is 7. The molecule has 0 spiro atoms. The lowest BCUT2D eigenvalue weighted by Gasteiger charge is -2.31. The topological polar surface area (TPSA) is 85.8 Å². The average molecular weight is 441 g/mol. The lowest BCUT2D eigenvalue weighted by Crippen LogP contribution is -2.39. The van der Waals surface area contributed by atoms with Gasteiger partial charge in [-0.1, -0.05) is 0 Å². The molecule has 8 nitrogen and oxygen atoms in total. The Bertz CT molecular complexity index is 919. The molecule has 1 aromatic heterocycles. The van der Waals surface area contributed by atoms with E-state index in [4.69, 9.17) is 14.2 Å². The van der Waals surface area contributed by atoms with E-state index in [9.17, 15) is 4.79 Å². The third-order valence-electron chi connectivity index (χ3n) is 6.85. The Morgan fingerprint density at radius 1 is 1.03 bits per heavy atom. The van der Waals surface area contributed by atoms with Gasteiger partial charge in [0.25, 0.3) is 0 Å². The van der Waals surface area contributed by atoms with Crippen molar-refractivity contribution in [1.82, 2.24) is 15.3 Å². The Hall–Kier alpha value is -2.45. The summed E-state index contributed by atoms with van der Waals surface area (Å²) >= 11 is 0. The molecule has 0 bridgehead atoms. The molecule has 1 saturated carbocycles. The second-order valence-corrected chi connectivity index (χ2v) is 9.09. The molecule has 3 fully saturated rings. The molecule has 0 radical (unpaired) electrons. The van der Waals surface area contributed by atoms with Crippen LogP contribution in [0.25, 0.3) is 11.0 Å². The van der Waals surface area contributed by atoms with Gasteiger partial charge in [0, 0.05) is 43.6 Å². The van der Waals surface area contributed by atoms with Crippen LogP contribution in [0, 0.1) is 5.92 Å². The zero-order valence-electron chi connectivity index (χ0n) is 18.5. The number of ether oxygens (including phenoxy) is 3. The van der Waals surface area contributed by atoms with Gasteiger partial charge in [-0.3, -0.25) is 9.97 Å². The number of anilines is 1. The molecule has 2 saturated heterocycles. The standard InChI is InChI=1S/C24H32N4O4/c29-24(32-21-5-10-31-16-21)27-19-3-1-17(2-4-19)13-18-14-20(28-8-11-30-12-9-28)15-22-23(18)26-7-6-25-22/h6-7,14-15,17,19,21H,1-5,8-13,16H2,(H,27,29). The molecule has 32 heavy (non-hydrogen) atoms. The van der Waals surface area contributed by atoms with Gasteiger partial charge in [-0.15, -0.1) is 0 Å². The Kier molecular flexibility index (Phi) is 6.69. The highest BCUT2D eigenvalue weighted by Crippen LogP contribution is 2.32. The van der Waals surface area contributed by atoms with Crippen molar-refractivity contribution in [2.45, 2.75) is 50.7 Å². The van der Waals surface area contributed by atoms with Crippen LogP contribution in [-0.4, -0.2) is 67.7 Å². The van der Waals surface area contributed by atoms with E-state index in [0.29, 0.717) is 19.1 Å². The van der Waals surface area contributed by atoms with Crippen molar-refractivity contribution >= 4 is 22.8 Å². The second kappa shape index (κ2) is 10.0. The van der Waals surface area contributed by atoms with Gasteiger partial charge in [-0.05, 0) is 55.7 Å². The van der Waals surface area contributed by atoms with E-state index >= 15 is 0 Å². The van der Waals surface area contributed by atoms with Gasteiger partial charge in [0.2, 0.25) is 0 Å². The first kappa shape index (κ1) is 21.4. The van der Waals surface area contributed by atoms with E-state index in [-0.39, 0.29) is 18.2 Å². The number of morpholine rings is 1. The van der Waals surface area contributed by atoms with Crippen LogP contribution < -0.4 is 10.2 Å². The predicted molar refractivity (Wildman–Crippen MR) is 121 cm³/mol. The minimum absolute atomic E-state index is 0.0977. The number of hydrogen-bond donors (Lipinski definition) is 1. The fraction of sp³-hybridized carbons (Fsp3) is 0.625. The molecule has 8 heteroatoms. The fourth-order valence-corrected chi connectivity index (χ4v) is 5.07. The van der Waals surface area contributed by atoms with E-state index in [1.807, 2.05) is 0 Å². The lowest BCUT2D eigenvalue weighted by atomic mass is 9.82. The smallest absolute Gasteiger partial charge is 0.407 e. The molecule has 1 amide bonds. The number of alkyl carbamates (subject to hydrolysis) is 1. The number of aromatic nitrogens is 2. The first-order chi connectivity index (χ1) is 15.7. The maximum absolute atomic E-state index is 12.2. The normalized spacial score (nSPS) is 26.2.